The average Bonchev–Trinajstić information content (AvgIpc) is 3.13. The standard InChI is InChI=1S/C14H17N3O/c1-10-4-7-13(11(9-10)3-2-8-15)17-14(18)16-12-5-6-12/h4,7,9,12H,5-6,8,15H2,1H3,(H2,16,17,18). The minimum atomic E-state index is -0.169. The number of anilines is 1. The van der Waals surface area contributed by atoms with Crippen LogP contribution in [-0.4, -0.2) is 18.6 Å². The molecule has 0 radical (unpaired) electrons. The number of rotatable bonds is 2. The number of benzene rings is 1. The van der Waals surface area contributed by atoms with E-state index in [1.54, 1.807) is 0 Å². The molecule has 0 atom stereocenters. The summed E-state index contributed by atoms with van der Waals surface area (Å²) in [6.45, 7) is 2.29. The molecule has 0 heterocycles. The lowest BCUT2D eigenvalue weighted by Crippen LogP contribution is -2.30. The number of hydrogen-bond acceptors (Lipinski definition) is 2. The molecule has 0 saturated heterocycles. The Bertz CT molecular complexity index is 510. The fraction of sp³-hybridized carbons (Fsp3) is 0.357. The fourth-order valence-corrected chi connectivity index (χ4v) is 1.59. The first kappa shape index (κ1) is 12.5. The monoisotopic (exact) mass is 243 g/mol. The van der Waals surface area contributed by atoms with Crippen LogP contribution in [-0.2, 0) is 0 Å². The highest BCUT2D eigenvalue weighted by atomic mass is 16.2. The Kier molecular flexibility index (Phi) is 3.85. The minimum absolute atomic E-state index is 0.169. The van der Waals surface area contributed by atoms with Gasteiger partial charge in [0.05, 0.1) is 12.2 Å². The second-order valence-corrected chi connectivity index (χ2v) is 4.43. The molecule has 4 heteroatoms. The molecule has 1 saturated carbocycles. The van der Waals surface area contributed by atoms with Crippen molar-refractivity contribution in [3.63, 3.8) is 0 Å². The molecule has 4 N–H and O–H groups in total. The SMILES string of the molecule is Cc1ccc(NC(=O)NC2CC2)c(C#CCN)c1. The summed E-state index contributed by atoms with van der Waals surface area (Å²) < 4.78 is 0. The van der Waals surface area contributed by atoms with E-state index in [-0.39, 0.29) is 6.03 Å². The predicted molar refractivity (Wildman–Crippen MR) is 72.3 cm³/mol. The van der Waals surface area contributed by atoms with E-state index in [2.05, 4.69) is 22.5 Å². The van der Waals surface area contributed by atoms with Gasteiger partial charge in [0.2, 0.25) is 0 Å². The van der Waals surface area contributed by atoms with Crippen molar-refractivity contribution in [2.75, 3.05) is 11.9 Å². The third kappa shape index (κ3) is 3.51. The third-order valence-corrected chi connectivity index (χ3v) is 2.66. The van der Waals surface area contributed by atoms with Crippen LogP contribution in [0, 0.1) is 18.8 Å². The van der Waals surface area contributed by atoms with E-state index in [1.807, 2.05) is 25.1 Å². The number of hydrogen-bond donors (Lipinski definition) is 3. The average molecular weight is 243 g/mol. The molecule has 0 bridgehead atoms. The van der Waals surface area contributed by atoms with Crippen LogP contribution in [0.1, 0.15) is 24.0 Å². The number of amides is 2. The van der Waals surface area contributed by atoms with Crippen LogP contribution in [0.5, 0.6) is 0 Å². The zero-order valence-corrected chi connectivity index (χ0v) is 10.4. The second-order valence-electron chi connectivity index (χ2n) is 4.43. The number of aryl methyl sites for hydroxylation is 1. The molecule has 1 aromatic rings. The van der Waals surface area contributed by atoms with Crippen molar-refractivity contribution >= 4 is 11.7 Å². The summed E-state index contributed by atoms with van der Waals surface area (Å²) >= 11 is 0. The van der Waals surface area contributed by atoms with Gasteiger partial charge in [-0.2, -0.15) is 0 Å². The van der Waals surface area contributed by atoms with Crippen molar-refractivity contribution in [3.8, 4) is 11.8 Å². The fourth-order valence-electron chi connectivity index (χ4n) is 1.59. The van der Waals surface area contributed by atoms with Gasteiger partial charge in [-0.25, -0.2) is 4.79 Å². The molecule has 2 amide bonds. The van der Waals surface area contributed by atoms with Crippen molar-refractivity contribution in [1.82, 2.24) is 5.32 Å². The van der Waals surface area contributed by atoms with Crippen molar-refractivity contribution < 1.29 is 4.79 Å². The van der Waals surface area contributed by atoms with Crippen molar-refractivity contribution in [3.05, 3.63) is 29.3 Å². The molecular formula is C14H17N3O. The number of nitrogens with two attached hydrogens (primary N) is 1. The van der Waals surface area contributed by atoms with E-state index in [0.717, 1.165) is 29.7 Å². The highest BCUT2D eigenvalue weighted by Gasteiger charge is 2.23. The van der Waals surface area contributed by atoms with Crippen LogP contribution in [0.2, 0.25) is 0 Å². The maximum Gasteiger partial charge on any atom is 0.319 e. The third-order valence-electron chi connectivity index (χ3n) is 2.66. The maximum absolute atomic E-state index is 11.7. The second kappa shape index (κ2) is 5.56. The predicted octanol–water partition coefficient (Wildman–Crippen LogP) is 1.59. The van der Waals surface area contributed by atoms with Crippen LogP contribution in [0.4, 0.5) is 10.5 Å². The molecule has 1 aliphatic carbocycles. The Morgan fingerprint density at radius 1 is 1.50 bits per heavy atom. The zero-order valence-electron chi connectivity index (χ0n) is 10.4. The van der Waals surface area contributed by atoms with Crippen LogP contribution >= 0.6 is 0 Å². The Morgan fingerprint density at radius 3 is 2.94 bits per heavy atom. The lowest BCUT2D eigenvalue weighted by Gasteiger charge is -2.09. The van der Waals surface area contributed by atoms with Crippen LogP contribution in [0.15, 0.2) is 18.2 Å². The first-order valence-electron chi connectivity index (χ1n) is 6.06. The highest BCUT2D eigenvalue weighted by molar-refractivity contribution is 5.91. The molecule has 1 aliphatic rings. The lowest BCUT2D eigenvalue weighted by molar-refractivity contribution is 0.251. The summed E-state index contributed by atoms with van der Waals surface area (Å²) in [6.07, 6.45) is 2.14. The molecule has 1 aromatic carbocycles. The molecule has 0 spiro atoms. The topological polar surface area (TPSA) is 67.2 Å². The Morgan fingerprint density at radius 2 is 2.28 bits per heavy atom. The highest BCUT2D eigenvalue weighted by Crippen LogP contribution is 2.20. The van der Waals surface area contributed by atoms with Crippen LogP contribution in [0.25, 0.3) is 0 Å². The van der Waals surface area contributed by atoms with Gasteiger partial charge in [-0.05, 0) is 37.5 Å². The first-order chi connectivity index (χ1) is 8.69. The molecule has 0 aliphatic heterocycles. The van der Waals surface area contributed by atoms with E-state index < -0.39 is 0 Å². The number of nitrogens with one attached hydrogen (secondary N) is 2. The van der Waals surface area contributed by atoms with E-state index in [0.29, 0.717) is 12.6 Å². The van der Waals surface area contributed by atoms with Crippen molar-refractivity contribution in [1.29, 1.82) is 0 Å². The maximum atomic E-state index is 11.7. The Balaban J connectivity index is 2.12. The molecule has 0 unspecified atom stereocenters. The zero-order chi connectivity index (χ0) is 13.0. The number of carbonyl (C=O) groups excluding carboxylic acids is 1. The normalized spacial score (nSPS) is 13.4. The van der Waals surface area contributed by atoms with E-state index in [1.165, 1.54) is 0 Å². The van der Waals surface area contributed by atoms with Gasteiger partial charge >= 0.3 is 6.03 Å². The minimum Gasteiger partial charge on any atom is -0.335 e. The number of urea groups is 1. The van der Waals surface area contributed by atoms with Gasteiger partial charge in [-0.1, -0.05) is 17.9 Å². The molecule has 1 fully saturated rings. The van der Waals surface area contributed by atoms with Gasteiger partial charge in [0.1, 0.15) is 0 Å². The number of carbonyl (C=O) groups is 1. The molecule has 94 valence electrons. The molecule has 2 rings (SSSR count). The van der Waals surface area contributed by atoms with Gasteiger partial charge in [0.15, 0.2) is 0 Å². The molecule has 18 heavy (non-hydrogen) atoms. The molecule has 0 aromatic heterocycles. The largest absolute Gasteiger partial charge is 0.335 e. The quantitative estimate of drug-likeness (QED) is 0.690. The van der Waals surface area contributed by atoms with Crippen molar-refractivity contribution in [2.24, 2.45) is 5.73 Å². The Labute approximate surface area is 107 Å². The summed E-state index contributed by atoms with van der Waals surface area (Å²) in [7, 11) is 0. The first-order valence-corrected chi connectivity index (χ1v) is 6.06. The molecule has 4 nitrogen and oxygen atoms in total. The van der Waals surface area contributed by atoms with Crippen LogP contribution < -0.4 is 16.4 Å². The molecular weight excluding hydrogens is 226 g/mol. The van der Waals surface area contributed by atoms with Gasteiger partial charge in [0, 0.05) is 11.6 Å². The summed E-state index contributed by atoms with van der Waals surface area (Å²) in [4.78, 5) is 11.7. The smallest absolute Gasteiger partial charge is 0.319 e. The Hall–Kier alpha value is -1.99. The van der Waals surface area contributed by atoms with E-state index in [9.17, 15) is 4.79 Å². The van der Waals surface area contributed by atoms with Gasteiger partial charge < -0.3 is 16.4 Å². The van der Waals surface area contributed by atoms with Gasteiger partial charge in [0.25, 0.3) is 0 Å². The van der Waals surface area contributed by atoms with E-state index >= 15 is 0 Å². The lowest BCUT2D eigenvalue weighted by atomic mass is 10.1. The van der Waals surface area contributed by atoms with Gasteiger partial charge in [-0.3, -0.25) is 0 Å². The summed E-state index contributed by atoms with van der Waals surface area (Å²) in [5.41, 5.74) is 7.99. The summed E-state index contributed by atoms with van der Waals surface area (Å²) in [5.74, 6) is 5.78. The summed E-state index contributed by atoms with van der Waals surface area (Å²) in [6, 6.07) is 5.92. The van der Waals surface area contributed by atoms with Crippen molar-refractivity contribution in [2.45, 2.75) is 25.8 Å². The summed E-state index contributed by atoms with van der Waals surface area (Å²) in [5, 5.41) is 5.70. The van der Waals surface area contributed by atoms with E-state index in [4.69, 9.17) is 5.73 Å². The van der Waals surface area contributed by atoms with Gasteiger partial charge in [-0.15, -0.1) is 0 Å². The van der Waals surface area contributed by atoms with Crippen LogP contribution in [0.3, 0.4) is 0 Å².